The quantitative estimate of drug-likeness (QED) is 0.904. The van der Waals surface area contributed by atoms with Crippen molar-refractivity contribution in [2.45, 2.75) is 26.3 Å². The van der Waals surface area contributed by atoms with Crippen LogP contribution in [0.1, 0.15) is 31.5 Å². The molecule has 0 aliphatic carbocycles. The van der Waals surface area contributed by atoms with Gasteiger partial charge >= 0.3 is 0 Å². The molecule has 0 aliphatic heterocycles. The van der Waals surface area contributed by atoms with Crippen molar-refractivity contribution in [1.29, 1.82) is 0 Å². The second kappa shape index (κ2) is 5.19. The molecule has 0 saturated heterocycles. The number of nitrogens with zero attached hydrogens (tertiary/aromatic N) is 2. The fourth-order valence-corrected chi connectivity index (χ4v) is 1.54. The van der Waals surface area contributed by atoms with Gasteiger partial charge in [-0.1, -0.05) is 36.7 Å². The lowest BCUT2D eigenvalue weighted by molar-refractivity contribution is 0.376. The Morgan fingerprint density at radius 3 is 2.88 bits per heavy atom. The first-order chi connectivity index (χ1) is 8.15. The normalized spacial score (nSPS) is 10.8. The van der Waals surface area contributed by atoms with Gasteiger partial charge in [-0.25, -0.2) is 0 Å². The van der Waals surface area contributed by atoms with Crippen LogP contribution in [0, 0.1) is 0 Å². The van der Waals surface area contributed by atoms with E-state index in [1.54, 1.807) is 0 Å². The minimum Gasteiger partial charge on any atom is -0.376 e. The summed E-state index contributed by atoms with van der Waals surface area (Å²) in [5, 5.41) is 7.76. The summed E-state index contributed by atoms with van der Waals surface area (Å²) in [7, 11) is 0. The van der Waals surface area contributed by atoms with Gasteiger partial charge in [0, 0.05) is 16.6 Å². The minimum absolute atomic E-state index is 0.277. The Morgan fingerprint density at radius 2 is 2.24 bits per heavy atom. The van der Waals surface area contributed by atoms with Gasteiger partial charge in [0.15, 0.2) is 5.82 Å². The first-order valence-corrected chi connectivity index (χ1v) is 5.85. The molecule has 4 nitrogen and oxygen atoms in total. The number of aromatic nitrogens is 2. The maximum atomic E-state index is 5.88. The van der Waals surface area contributed by atoms with E-state index in [-0.39, 0.29) is 5.92 Å². The van der Waals surface area contributed by atoms with Crippen LogP contribution in [0.4, 0.5) is 5.69 Å². The molecule has 0 unspecified atom stereocenters. The van der Waals surface area contributed by atoms with Gasteiger partial charge in [-0.05, 0) is 18.2 Å². The third kappa shape index (κ3) is 3.20. The maximum Gasteiger partial charge on any atom is 0.245 e. The third-order valence-electron chi connectivity index (χ3n) is 2.27. The molecule has 0 amide bonds. The summed E-state index contributed by atoms with van der Waals surface area (Å²) < 4.78 is 5.12. The molecule has 1 heterocycles. The van der Waals surface area contributed by atoms with Gasteiger partial charge in [0.05, 0.1) is 6.54 Å². The zero-order valence-electron chi connectivity index (χ0n) is 9.77. The van der Waals surface area contributed by atoms with Crippen LogP contribution in [-0.4, -0.2) is 10.1 Å². The monoisotopic (exact) mass is 251 g/mol. The second-order valence-corrected chi connectivity index (χ2v) is 4.50. The van der Waals surface area contributed by atoms with E-state index in [9.17, 15) is 0 Å². The van der Waals surface area contributed by atoms with Crippen LogP contribution in [0.2, 0.25) is 5.02 Å². The minimum atomic E-state index is 0.277. The van der Waals surface area contributed by atoms with Crippen molar-refractivity contribution in [1.82, 2.24) is 10.1 Å². The van der Waals surface area contributed by atoms with Crippen LogP contribution in [0.15, 0.2) is 28.8 Å². The molecule has 0 radical (unpaired) electrons. The van der Waals surface area contributed by atoms with E-state index < -0.39 is 0 Å². The van der Waals surface area contributed by atoms with E-state index in [1.807, 2.05) is 38.1 Å². The van der Waals surface area contributed by atoms with Crippen LogP contribution in [0.3, 0.4) is 0 Å². The Morgan fingerprint density at radius 1 is 1.41 bits per heavy atom. The predicted molar refractivity (Wildman–Crippen MR) is 67.2 cm³/mol. The molecule has 2 rings (SSSR count). The zero-order valence-corrected chi connectivity index (χ0v) is 10.5. The largest absolute Gasteiger partial charge is 0.376 e. The SMILES string of the molecule is CC(C)c1noc(CNc2cccc(Cl)c2)n1. The number of anilines is 1. The van der Waals surface area contributed by atoms with E-state index >= 15 is 0 Å². The summed E-state index contributed by atoms with van der Waals surface area (Å²) in [6, 6.07) is 7.50. The lowest BCUT2D eigenvalue weighted by atomic mass is 10.2. The van der Waals surface area contributed by atoms with Gasteiger partial charge in [-0.3, -0.25) is 0 Å². The molecule has 1 N–H and O–H groups in total. The van der Waals surface area contributed by atoms with E-state index in [4.69, 9.17) is 16.1 Å². The van der Waals surface area contributed by atoms with Gasteiger partial charge in [0.25, 0.3) is 0 Å². The van der Waals surface area contributed by atoms with Crippen molar-refractivity contribution in [3.8, 4) is 0 Å². The first-order valence-electron chi connectivity index (χ1n) is 5.47. The van der Waals surface area contributed by atoms with Gasteiger partial charge in [0.1, 0.15) is 0 Å². The molecule has 0 aliphatic rings. The van der Waals surface area contributed by atoms with Crippen molar-refractivity contribution < 1.29 is 4.52 Å². The van der Waals surface area contributed by atoms with E-state index in [0.717, 1.165) is 11.5 Å². The first kappa shape index (κ1) is 11.9. The maximum absolute atomic E-state index is 5.88. The fraction of sp³-hybridized carbons (Fsp3) is 0.333. The van der Waals surface area contributed by atoms with Crippen LogP contribution >= 0.6 is 11.6 Å². The Balaban J connectivity index is 1.97. The van der Waals surface area contributed by atoms with Crippen LogP contribution in [0.25, 0.3) is 0 Å². The molecule has 2 aromatic rings. The lowest BCUT2D eigenvalue weighted by Gasteiger charge is -2.02. The molecule has 0 fully saturated rings. The molecule has 0 spiro atoms. The average Bonchev–Trinajstić information content (AvgIpc) is 2.75. The highest BCUT2D eigenvalue weighted by Crippen LogP contribution is 2.16. The highest BCUT2D eigenvalue weighted by Gasteiger charge is 2.08. The number of benzene rings is 1. The summed E-state index contributed by atoms with van der Waals surface area (Å²) in [4.78, 5) is 4.27. The third-order valence-corrected chi connectivity index (χ3v) is 2.50. The summed E-state index contributed by atoms with van der Waals surface area (Å²) in [5.41, 5.74) is 0.932. The zero-order chi connectivity index (χ0) is 12.3. The predicted octanol–water partition coefficient (Wildman–Crippen LogP) is 3.46. The molecule has 1 aromatic carbocycles. The van der Waals surface area contributed by atoms with Crippen LogP contribution in [0.5, 0.6) is 0 Å². The topological polar surface area (TPSA) is 51.0 Å². The Labute approximate surface area is 105 Å². The molecule has 5 heteroatoms. The van der Waals surface area contributed by atoms with Crippen LogP contribution < -0.4 is 5.32 Å². The molecule has 90 valence electrons. The van der Waals surface area contributed by atoms with Crippen LogP contribution in [-0.2, 0) is 6.54 Å². The highest BCUT2D eigenvalue weighted by atomic mass is 35.5. The van der Waals surface area contributed by atoms with E-state index in [1.165, 1.54) is 0 Å². The number of hydrogen-bond donors (Lipinski definition) is 1. The second-order valence-electron chi connectivity index (χ2n) is 4.06. The number of rotatable bonds is 4. The Hall–Kier alpha value is -1.55. The summed E-state index contributed by atoms with van der Waals surface area (Å²) in [6.45, 7) is 4.55. The van der Waals surface area contributed by atoms with E-state index in [0.29, 0.717) is 17.5 Å². The molecular weight excluding hydrogens is 238 g/mol. The molecule has 0 atom stereocenters. The molecule has 0 bridgehead atoms. The van der Waals surface area contributed by atoms with Crippen molar-refractivity contribution in [2.75, 3.05) is 5.32 Å². The molecule has 1 aromatic heterocycles. The van der Waals surface area contributed by atoms with Crippen molar-refractivity contribution in [3.05, 3.63) is 41.0 Å². The summed E-state index contributed by atoms with van der Waals surface area (Å²) in [5.74, 6) is 1.58. The molecular formula is C12H14ClN3O. The standard InChI is InChI=1S/C12H14ClN3O/c1-8(2)12-15-11(17-16-12)7-14-10-5-3-4-9(13)6-10/h3-6,8,14H,7H2,1-2H3. The van der Waals surface area contributed by atoms with Gasteiger partial charge < -0.3 is 9.84 Å². The smallest absolute Gasteiger partial charge is 0.245 e. The van der Waals surface area contributed by atoms with Crippen molar-refractivity contribution >= 4 is 17.3 Å². The summed E-state index contributed by atoms with van der Waals surface area (Å²) in [6.07, 6.45) is 0. The van der Waals surface area contributed by atoms with Crippen molar-refractivity contribution in [3.63, 3.8) is 0 Å². The molecule has 17 heavy (non-hydrogen) atoms. The number of hydrogen-bond acceptors (Lipinski definition) is 4. The number of halogens is 1. The van der Waals surface area contributed by atoms with E-state index in [2.05, 4.69) is 15.5 Å². The highest BCUT2D eigenvalue weighted by molar-refractivity contribution is 6.30. The Bertz CT molecular complexity index is 496. The van der Waals surface area contributed by atoms with Gasteiger partial charge in [-0.2, -0.15) is 4.98 Å². The number of nitrogens with one attached hydrogen (secondary N) is 1. The van der Waals surface area contributed by atoms with Gasteiger partial charge in [0.2, 0.25) is 5.89 Å². The van der Waals surface area contributed by atoms with Gasteiger partial charge in [-0.15, -0.1) is 0 Å². The Kier molecular flexibility index (Phi) is 3.64. The fourth-order valence-electron chi connectivity index (χ4n) is 1.35. The average molecular weight is 252 g/mol. The van der Waals surface area contributed by atoms with Crippen molar-refractivity contribution in [2.24, 2.45) is 0 Å². The summed E-state index contributed by atoms with van der Waals surface area (Å²) >= 11 is 5.88. The molecule has 0 saturated carbocycles. The lowest BCUT2D eigenvalue weighted by Crippen LogP contribution is -2.00.